The maximum atomic E-state index is 11.4. The highest BCUT2D eigenvalue weighted by Gasteiger charge is 2.26. The number of rotatable bonds is 2. The number of piperidine rings is 1. The van der Waals surface area contributed by atoms with Gasteiger partial charge in [0.05, 0.1) is 0 Å². The summed E-state index contributed by atoms with van der Waals surface area (Å²) in [5, 5.41) is 0. The largest absolute Gasteiger partial charge is 0.303 e. The summed E-state index contributed by atoms with van der Waals surface area (Å²) < 4.78 is 0. The molecule has 0 spiro atoms. The first-order valence-electron chi connectivity index (χ1n) is 5.61. The monoisotopic (exact) mass is 181 g/mol. The number of Topliss-reactive ketones (excluding diaryl/α,β-unsaturated/α-hetero) is 1. The van der Waals surface area contributed by atoms with E-state index in [1.165, 1.54) is 32.4 Å². The number of ketones is 1. The Morgan fingerprint density at radius 3 is 2.54 bits per heavy atom. The topological polar surface area (TPSA) is 20.3 Å². The van der Waals surface area contributed by atoms with Crippen LogP contribution in [0.25, 0.3) is 0 Å². The van der Waals surface area contributed by atoms with Gasteiger partial charge in [-0.05, 0) is 38.8 Å². The van der Waals surface area contributed by atoms with Crippen molar-refractivity contribution < 1.29 is 4.79 Å². The van der Waals surface area contributed by atoms with Crippen LogP contribution in [0.1, 0.15) is 38.5 Å². The molecule has 0 radical (unpaired) electrons. The predicted molar refractivity (Wildman–Crippen MR) is 52.6 cm³/mol. The van der Waals surface area contributed by atoms with Crippen molar-refractivity contribution in [2.75, 3.05) is 19.6 Å². The molecule has 0 unspecified atom stereocenters. The average Bonchev–Trinajstić information content (AvgIpc) is 2.54. The number of likely N-dealkylation sites (tertiary alicyclic amines) is 1. The molecule has 2 rings (SSSR count). The molecule has 0 amide bonds. The molecule has 1 atom stereocenters. The lowest BCUT2D eigenvalue weighted by molar-refractivity contribution is -0.121. The molecule has 0 aromatic heterocycles. The molecule has 2 heteroatoms. The summed E-state index contributed by atoms with van der Waals surface area (Å²) in [6.45, 7) is 3.51. The summed E-state index contributed by atoms with van der Waals surface area (Å²) in [6.07, 6.45) is 7.18. The van der Waals surface area contributed by atoms with Crippen molar-refractivity contribution in [2.45, 2.75) is 38.5 Å². The predicted octanol–water partition coefficient (Wildman–Crippen LogP) is 1.84. The normalized spacial score (nSPS) is 31.1. The Balaban J connectivity index is 1.79. The fourth-order valence-corrected chi connectivity index (χ4v) is 2.53. The summed E-state index contributed by atoms with van der Waals surface area (Å²) in [5.41, 5.74) is 0. The van der Waals surface area contributed by atoms with Crippen molar-refractivity contribution in [3.63, 3.8) is 0 Å². The van der Waals surface area contributed by atoms with Gasteiger partial charge in [0.25, 0.3) is 0 Å². The first-order chi connectivity index (χ1) is 6.36. The van der Waals surface area contributed by atoms with E-state index in [9.17, 15) is 4.79 Å². The molecule has 2 aliphatic rings. The third-order valence-corrected chi connectivity index (χ3v) is 3.36. The number of hydrogen-bond acceptors (Lipinski definition) is 2. The minimum atomic E-state index is 0.387. The lowest BCUT2D eigenvalue weighted by atomic mass is 10.0. The first-order valence-corrected chi connectivity index (χ1v) is 5.61. The summed E-state index contributed by atoms with van der Waals surface area (Å²) in [6, 6.07) is 0. The quantitative estimate of drug-likeness (QED) is 0.648. The average molecular weight is 181 g/mol. The second-order valence-corrected chi connectivity index (χ2v) is 4.42. The van der Waals surface area contributed by atoms with Crippen LogP contribution in [0.4, 0.5) is 0 Å². The van der Waals surface area contributed by atoms with Gasteiger partial charge in [0, 0.05) is 18.9 Å². The van der Waals surface area contributed by atoms with Crippen LogP contribution in [0.2, 0.25) is 0 Å². The van der Waals surface area contributed by atoms with E-state index in [0.717, 1.165) is 25.8 Å². The molecule has 74 valence electrons. The van der Waals surface area contributed by atoms with E-state index in [-0.39, 0.29) is 0 Å². The molecule has 2 fully saturated rings. The van der Waals surface area contributed by atoms with E-state index >= 15 is 0 Å². The number of carbonyl (C=O) groups is 1. The second kappa shape index (κ2) is 4.23. The van der Waals surface area contributed by atoms with Crippen LogP contribution < -0.4 is 0 Å². The number of carbonyl (C=O) groups excluding carboxylic acids is 1. The number of hydrogen-bond donors (Lipinski definition) is 0. The Bertz CT molecular complexity index is 185. The van der Waals surface area contributed by atoms with Crippen molar-refractivity contribution in [3.05, 3.63) is 0 Å². The second-order valence-electron chi connectivity index (χ2n) is 4.42. The Morgan fingerprint density at radius 1 is 1.15 bits per heavy atom. The van der Waals surface area contributed by atoms with Crippen LogP contribution in [-0.4, -0.2) is 30.3 Å². The van der Waals surface area contributed by atoms with E-state index < -0.39 is 0 Å². The molecule has 1 aliphatic carbocycles. The maximum absolute atomic E-state index is 11.4. The van der Waals surface area contributed by atoms with Gasteiger partial charge in [0.2, 0.25) is 0 Å². The summed E-state index contributed by atoms with van der Waals surface area (Å²) in [7, 11) is 0. The fourth-order valence-electron chi connectivity index (χ4n) is 2.53. The molecule has 0 aromatic rings. The summed E-state index contributed by atoms with van der Waals surface area (Å²) in [4.78, 5) is 13.9. The highest BCUT2D eigenvalue weighted by molar-refractivity contribution is 5.83. The van der Waals surface area contributed by atoms with Gasteiger partial charge in [0.1, 0.15) is 5.78 Å². The zero-order valence-corrected chi connectivity index (χ0v) is 8.30. The Morgan fingerprint density at radius 2 is 1.92 bits per heavy atom. The van der Waals surface area contributed by atoms with Gasteiger partial charge in [-0.3, -0.25) is 4.79 Å². The van der Waals surface area contributed by atoms with Crippen LogP contribution in [-0.2, 0) is 4.79 Å². The van der Waals surface area contributed by atoms with Crippen LogP contribution in [0.15, 0.2) is 0 Å². The molecule has 0 bridgehead atoms. The maximum Gasteiger partial charge on any atom is 0.137 e. The van der Waals surface area contributed by atoms with Crippen molar-refractivity contribution in [2.24, 2.45) is 5.92 Å². The van der Waals surface area contributed by atoms with Crippen LogP contribution in [0.5, 0.6) is 0 Å². The van der Waals surface area contributed by atoms with Gasteiger partial charge >= 0.3 is 0 Å². The molecular weight excluding hydrogens is 162 g/mol. The van der Waals surface area contributed by atoms with Gasteiger partial charge in [0.15, 0.2) is 0 Å². The van der Waals surface area contributed by atoms with Gasteiger partial charge in [-0.15, -0.1) is 0 Å². The van der Waals surface area contributed by atoms with Crippen LogP contribution in [0.3, 0.4) is 0 Å². The highest BCUT2D eigenvalue weighted by atomic mass is 16.1. The molecule has 1 saturated carbocycles. The minimum Gasteiger partial charge on any atom is -0.303 e. The molecular formula is C11H19NO. The standard InChI is InChI=1S/C11H19NO/c13-11-6-4-5-10(11)9-12-7-2-1-3-8-12/h10H,1-9H2/t10-/m0/s1. The Labute approximate surface area is 80.3 Å². The van der Waals surface area contributed by atoms with E-state index in [0.29, 0.717) is 11.7 Å². The first kappa shape index (κ1) is 9.20. The minimum absolute atomic E-state index is 0.387. The highest BCUT2D eigenvalue weighted by Crippen LogP contribution is 2.23. The van der Waals surface area contributed by atoms with Crippen LogP contribution >= 0.6 is 0 Å². The van der Waals surface area contributed by atoms with Crippen LogP contribution in [0, 0.1) is 5.92 Å². The summed E-state index contributed by atoms with van der Waals surface area (Å²) >= 11 is 0. The molecule has 1 saturated heterocycles. The van der Waals surface area contributed by atoms with Crippen molar-refractivity contribution in [1.82, 2.24) is 4.90 Å². The number of nitrogens with zero attached hydrogens (tertiary/aromatic N) is 1. The zero-order valence-electron chi connectivity index (χ0n) is 8.30. The molecule has 2 nitrogen and oxygen atoms in total. The van der Waals surface area contributed by atoms with Gasteiger partial charge in [-0.2, -0.15) is 0 Å². The van der Waals surface area contributed by atoms with Gasteiger partial charge in [-0.25, -0.2) is 0 Å². The molecule has 0 N–H and O–H groups in total. The fraction of sp³-hybridized carbons (Fsp3) is 0.909. The van der Waals surface area contributed by atoms with Crippen molar-refractivity contribution in [3.8, 4) is 0 Å². The van der Waals surface area contributed by atoms with Gasteiger partial charge < -0.3 is 4.90 Å². The van der Waals surface area contributed by atoms with E-state index in [1.54, 1.807) is 0 Å². The smallest absolute Gasteiger partial charge is 0.137 e. The summed E-state index contributed by atoms with van der Waals surface area (Å²) in [5.74, 6) is 0.906. The van der Waals surface area contributed by atoms with Crippen molar-refractivity contribution in [1.29, 1.82) is 0 Å². The molecule has 1 heterocycles. The molecule has 0 aromatic carbocycles. The van der Waals surface area contributed by atoms with E-state index in [4.69, 9.17) is 0 Å². The Kier molecular flexibility index (Phi) is 2.99. The lowest BCUT2D eigenvalue weighted by Crippen LogP contribution is -2.35. The zero-order chi connectivity index (χ0) is 9.10. The van der Waals surface area contributed by atoms with Crippen molar-refractivity contribution >= 4 is 5.78 Å². The van der Waals surface area contributed by atoms with E-state index in [2.05, 4.69) is 4.90 Å². The van der Waals surface area contributed by atoms with E-state index in [1.807, 2.05) is 0 Å². The lowest BCUT2D eigenvalue weighted by Gasteiger charge is -2.28. The Hall–Kier alpha value is -0.370. The third kappa shape index (κ3) is 2.31. The molecule has 13 heavy (non-hydrogen) atoms. The SMILES string of the molecule is O=C1CCC[C@H]1CN1CCCCC1. The third-order valence-electron chi connectivity index (χ3n) is 3.36. The van der Waals surface area contributed by atoms with Gasteiger partial charge in [-0.1, -0.05) is 6.42 Å². The molecule has 1 aliphatic heterocycles.